The van der Waals surface area contributed by atoms with E-state index in [0.717, 1.165) is 83.7 Å². The van der Waals surface area contributed by atoms with Crippen molar-refractivity contribution in [3.8, 4) is 0 Å². The number of rotatable bonds is 8. The number of hydrogen-bond donors (Lipinski definition) is 1. The van der Waals surface area contributed by atoms with Gasteiger partial charge in [0.15, 0.2) is 0 Å². The average molecular weight is 402 g/mol. The molecule has 1 aromatic rings. The summed E-state index contributed by atoms with van der Waals surface area (Å²) in [4.78, 5) is 29.1. The van der Waals surface area contributed by atoms with Crippen molar-refractivity contribution in [1.82, 2.24) is 15.1 Å². The highest BCUT2D eigenvalue weighted by Gasteiger charge is 2.24. The molecule has 3 rings (SSSR count). The van der Waals surface area contributed by atoms with Crippen LogP contribution in [-0.2, 0) is 9.53 Å². The highest BCUT2D eigenvalue weighted by molar-refractivity contribution is 5.94. The molecule has 0 aliphatic carbocycles. The molecule has 2 saturated heterocycles. The first kappa shape index (κ1) is 21.8. The molecule has 6 nitrogen and oxygen atoms in total. The Morgan fingerprint density at radius 2 is 1.76 bits per heavy atom. The number of nitrogens with one attached hydrogen (secondary N) is 1. The number of hydrogen-bond acceptors (Lipinski definition) is 4. The summed E-state index contributed by atoms with van der Waals surface area (Å²) < 4.78 is 5.35. The second-order valence-corrected chi connectivity index (χ2v) is 8.30. The fourth-order valence-corrected chi connectivity index (χ4v) is 4.08. The van der Waals surface area contributed by atoms with Gasteiger partial charge in [-0.05, 0) is 57.2 Å². The number of nitrogens with zero attached hydrogens (tertiary/aromatic N) is 2. The standard InChI is InChI=1S/C23H35N3O3/c1-19-3-6-21(7-4-19)23(28)26-13-9-20(10-14-26)5-8-22(27)24-11-2-12-25-15-17-29-18-16-25/h3-4,6-7,20H,2,5,8-18H2,1H3,(H,24,27). The van der Waals surface area contributed by atoms with Gasteiger partial charge < -0.3 is 15.0 Å². The first-order chi connectivity index (χ1) is 14.1. The van der Waals surface area contributed by atoms with Crippen molar-refractivity contribution in [2.24, 2.45) is 5.92 Å². The van der Waals surface area contributed by atoms with Crippen LogP contribution in [-0.4, -0.2) is 74.1 Å². The highest BCUT2D eigenvalue weighted by atomic mass is 16.5. The first-order valence-electron chi connectivity index (χ1n) is 11.0. The Bertz CT molecular complexity index is 648. The molecule has 0 bridgehead atoms. The van der Waals surface area contributed by atoms with Gasteiger partial charge in [0.05, 0.1) is 13.2 Å². The van der Waals surface area contributed by atoms with Gasteiger partial charge in [-0.2, -0.15) is 0 Å². The van der Waals surface area contributed by atoms with Crippen molar-refractivity contribution < 1.29 is 14.3 Å². The van der Waals surface area contributed by atoms with Crippen LogP contribution in [0.2, 0.25) is 0 Å². The molecule has 0 saturated carbocycles. The van der Waals surface area contributed by atoms with E-state index in [9.17, 15) is 9.59 Å². The minimum Gasteiger partial charge on any atom is -0.379 e. The van der Waals surface area contributed by atoms with Gasteiger partial charge in [-0.25, -0.2) is 0 Å². The molecule has 2 aliphatic heterocycles. The molecule has 0 radical (unpaired) electrons. The van der Waals surface area contributed by atoms with E-state index in [2.05, 4.69) is 10.2 Å². The fraction of sp³-hybridized carbons (Fsp3) is 0.652. The summed E-state index contributed by atoms with van der Waals surface area (Å²) in [5, 5.41) is 3.05. The van der Waals surface area contributed by atoms with Crippen molar-refractivity contribution in [2.45, 2.75) is 39.0 Å². The van der Waals surface area contributed by atoms with E-state index in [1.807, 2.05) is 36.1 Å². The Hall–Kier alpha value is -1.92. The zero-order valence-electron chi connectivity index (χ0n) is 17.7. The normalized spacial score (nSPS) is 18.6. The molecule has 0 unspecified atom stereocenters. The molecule has 2 heterocycles. The summed E-state index contributed by atoms with van der Waals surface area (Å²) in [6, 6.07) is 7.79. The predicted molar refractivity (Wildman–Crippen MR) is 114 cm³/mol. The Morgan fingerprint density at radius 3 is 2.45 bits per heavy atom. The fourth-order valence-electron chi connectivity index (χ4n) is 4.08. The molecule has 0 atom stereocenters. The smallest absolute Gasteiger partial charge is 0.253 e. The molecule has 2 aliphatic rings. The van der Waals surface area contributed by atoms with Gasteiger partial charge in [-0.1, -0.05) is 17.7 Å². The molecule has 160 valence electrons. The number of carbonyl (C=O) groups is 2. The zero-order chi connectivity index (χ0) is 20.5. The van der Waals surface area contributed by atoms with E-state index < -0.39 is 0 Å². The van der Waals surface area contributed by atoms with Gasteiger partial charge in [0.2, 0.25) is 5.91 Å². The third-order valence-corrected chi connectivity index (χ3v) is 6.06. The predicted octanol–water partition coefficient (Wildman–Crippen LogP) is 2.47. The van der Waals surface area contributed by atoms with E-state index in [1.54, 1.807) is 0 Å². The lowest BCUT2D eigenvalue weighted by Crippen LogP contribution is -2.39. The summed E-state index contributed by atoms with van der Waals surface area (Å²) in [5.41, 5.74) is 1.94. The largest absolute Gasteiger partial charge is 0.379 e. The maximum atomic E-state index is 12.6. The van der Waals surface area contributed by atoms with Gasteiger partial charge >= 0.3 is 0 Å². The number of amides is 2. The topological polar surface area (TPSA) is 61.9 Å². The SMILES string of the molecule is Cc1ccc(C(=O)N2CCC(CCC(=O)NCCCN3CCOCC3)CC2)cc1. The Labute approximate surface area is 174 Å². The quantitative estimate of drug-likeness (QED) is 0.680. The van der Waals surface area contributed by atoms with E-state index in [-0.39, 0.29) is 11.8 Å². The second-order valence-electron chi connectivity index (χ2n) is 8.30. The molecule has 0 spiro atoms. The molecular weight excluding hydrogens is 366 g/mol. The lowest BCUT2D eigenvalue weighted by Gasteiger charge is -2.32. The minimum absolute atomic E-state index is 0.126. The number of morpholine rings is 1. The Balaban J connectivity index is 1.27. The van der Waals surface area contributed by atoms with Crippen LogP contribution in [0.15, 0.2) is 24.3 Å². The van der Waals surface area contributed by atoms with Crippen molar-refractivity contribution in [2.75, 3.05) is 52.5 Å². The number of aryl methyl sites for hydroxylation is 1. The highest BCUT2D eigenvalue weighted by Crippen LogP contribution is 2.23. The molecule has 29 heavy (non-hydrogen) atoms. The lowest BCUT2D eigenvalue weighted by molar-refractivity contribution is -0.121. The van der Waals surface area contributed by atoms with Crippen molar-refractivity contribution in [3.05, 3.63) is 35.4 Å². The van der Waals surface area contributed by atoms with Gasteiger partial charge in [0.25, 0.3) is 5.91 Å². The van der Waals surface area contributed by atoms with Crippen LogP contribution < -0.4 is 5.32 Å². The molecule has 1 aromatic carbocycles. The van der Waals surface area contributed by atoms with Gasteiger partial charge in [0, 0.05) is 44.7 Å². The average Bonchev–Trinajstić information content (AvgIpc) is 2.76. The van der Waals surface area contributed by atoms with Crippen molar-refractivity contribution in [3.63, 3.8) is 0 Å². The van der Waals surface area contributed by atoms with Crippen LogP contribution >= 0.6 is 0 Å². The summed E-state index contributed by atoms with van der Waals surface area (Å²) in [6.07, 6.45) is 4.48. The summed E-state index contributed by atoms with van der Waals surface area (Å²) >= 11 is 0. The molecule has 0 aromatic heterocycles. The van der Waals surface area contributed by atoms with Gasteiger partial charge in [-0.15, -0.1) is 0 Å². The molecular formula is C23H35N3O3. The van der Waals surface area contributed by atoms with Crippen molar-refractivity contribution >= 4 is 11.8 Å². The maximum Gasteiger partial charge on any atom is 0.253 e. The van der Waals surface area contributed by atoms with Gasteiger partial charge in [-0.3, -0.25) is 14.5 Å². The number of benzene rings is 1. The van der Waals surface area contributed by atoms with Crippen LogP contribution in [0.1, 0.15) is 48.0 Å². The summed E-state index contributed by atoms with van der Waals surface area (Å²) in [7, 11) is 0. The molecule has 2 fully saturated rings. The lowest BCUT2D eigenvalue weighted by atomic mass is 9.91. The number of carbonyl (C=O) groups excluding carboxylic acids is 2. The van der Waals surface area contributed by atoms with Crippen LogP contribution in [0.5, 0.6) is 0 Å². The third kappa shape index (κ3) is 7.12. The molecule has 6 heteroatoms. The number of likely N-dealkylation sites (tertiary alicyclic amines) is 1. The Morgan fingerprint density at radius 1 is 1.07 bits per heavy atom. The van der Waals surface area contributed by atoms with Crippen LogP contribution in [0.3, 0.4) is 0 Å². The van der Waals surface area contributed by atoms with E-state index in [0.29, 0.717) is 12.3 Å². The first-order valence-corrected chi connectivity index (χ1v) is 11.0. The van der Waals surface area contributed by atoms with E-state index in [1.165, 1.54) is 5.56 Å². The van der Waals surface area contributed by atoms with E-state index >= 15 is 0 Å². The monoisotopic (exact) mass is 401 g/mol. The van der Waals surface area contributed by atoms with Crippen molar-refractivity contribution in [1.29, 1.82) is 0 Å². The molecule has 2 amide bonds. The summed E-state index contributed by atoms with van der Waals surface area (Å²) in [6.45, 7) is 9.02. The van der Waals surface area contributed by atoms with Crippen LogP contribution in [0.4, 0.5) is 0 Å². The van der Waals surface area contributed by atoms with E-state index in [4.69, 9.17) is 4.74 Å². The van der Waals surface area contributed by atoms with Crippen LogP contribution in [0, 0.1) is 12.8 Å². The molecule has 1 N–H and O–H groups in total. The third-order valence-electron chi connectivity index (χ3n) is 6.06. The maximum absolute atomic E-state index is 12.6. The minimum atomic E-state index is 0.126. The number of ether oxygens (including phenoxy) is 1. The van der Waals surface area contributed by atoms with Crippen LogP contribution in [0.25, 0.3) is 0 Å². The van der Waals surface area contributed by atoms with Gasteiger partial charge in [0.1, 0.15) is 0 Å². The summed E-state index contributed by atoms with van der Waals surface area (Å²) in [5.74, 6) is 0.822. The zero-order valence-corrected chi connectivity index (χ0v) is 17.7. The second kappa shape index (κ2) is 11.3. The number of piperidine rings is 1. The Kier molecular flexibility index (Phi) is 8.50.